The predicted molar refractivity (Wildman–Crippen MR) is 89.2 cm³/mol. The lowest BCUT2D eigenvalue weighted by molar-refractivity contribution is -0.132. The molecule has 0 aliphatic carbocycles. The molecule has 1 atom stereocenters. The van der Waals surface area contributed by atoms with Crippen LogP contribution in [0.15, 0.2) is 10.5 Å². The summed E-state index contributed by atoms with van der Waals surface area (Å²) >= 11 is 1.62. The van der Waals surface area contributed by atoms with Crippen molar-refractivity contribution < 1.29 is 9.59 Å². The number of hydrogen-bond donors (Lipinski definition) is 0. The standard InChI is InChI=1S/C16H22N4O2S/c1-3-20-14(21)8-7-12(18-20)16(22)19-9-5-4-6-13(19)15-17-11(2)10-23-15/h10,13H,3-9H2,1-2H3. The molecule has 1 aromatic rings. The van der Waals surface area contributed by atoms with Crippen molar-refractivity contribution in [3.63, 3.8) is 0 Å². The molecule has 1 saturated heterocycles. The minimum atomic E-state index is -0.0338. The van der Waals surface area contributed by atoms with E-state index in [0.29, 0.717) is 25.1 Å². The molecule has 3 rings (SSSR count). The number of carbonyl (C=O) groups excluding carboxylic acids is 2. The molecule has 1 unspecified atom stereocenters. The van der Waals surface area contributed by atoms with E-state index in [1.165, 1.54) is 5.01 Å². The van der Waals surface area contributed by atoms with Crippen LogP contribution in [-0.4, -0.2) is 45.5 Å². The molecule has 0 spiro atoms. The van der Waals surface area contributed by atoms with Crippen LogP contribution < -0.4 is 0 Å². The molecule has 124 valence electrons. The largest absolute Gasteiger partial charge is 0.328 e. The minimum Gasteiger partial charge on any atom is -0.328 e. The van der Waals surface area contributed by atoms with Crippen molar-refractivity contribution in [3.8, 4) is 0 Å². The summed E-state index contributed by atoms with van der Waals surface area (Å²) in [4.78, 5) is 31.2. The van der Waals surface area contributed by atoms with Crippen LogP contribution in [0.3, 0.4) is 0 Å². The predicted octanol–water partition coefficient (Wildman–Crippen LogP) is 2.50. The normalized spacial score (nSPS) is 22.3. The second-order valence-electron chi connectivity index (χ2n) is 5.99. The number of rotatable bonds is 3. The first-order chi connectivity index (χ1) is 11.1. The van der Waals surface area contributed by atoms with Crippen molar-refractivity contribution in [3.05, 3.63) is 16.1 Å². The summed E-state index contributed by atoms with van der Waals surface area (Å²) in [5.41, 5.74) is 1.51. The SMILES string of the molecule is CCN1N=C(C(=O)N2CCCCC2c2nc(C)cs2)CCC1=O. The molecule has 0 N–H and O–H groups in total. The second-order valence-corrected chi connectivity index (χ2v) is 6.88. The average molecular weight is 334 g/mol. The molecule has 0 bridgehead atoms. The number of piperidine rings is 1. The lowest BCUT2D eigenvalue weighted by Gasteiger charge is -2.35. The monoisotopic (exact) mass is 334 g/mol. The molecular weight excluding hydrogens is 312 g/mol. The van der Waals surface area contributed by atoms with Gasteiger partial charge in [-0.25, -0.2) is 9.99 Å². The number of aromatic nitrogens is 1. The van der Waals surface area contributed by atoms with Crippen LogP contribution in [0.1, 0.15) is 55.8 Å². The summed E-state index contributed by atoms with van der Waals surface area (Å²) in [6, 6.07) is 0.0466. The van der Waals surface area contributed by atoms with E-state index in [2.05, 4.69) is 10.1 Å². The van der Waals surface area contributed by atoms with Crippen LogP contribution in [0.5, 0.6) is 0 Å². The molecule has 0 saturated carbocycles. The third-order valence-corrected chi connectivity index (χ3v) is 5.40. The number of thiazole rings is 1. The zero-order valence-corrected chi connectivity index (χ0v) is 14.4. The Hall–Kier alpha value is -1.76. The lowest BCUT2D eigenvalue weighted by Crippen LogP contribution is -2.45. The molecule has 3 heterocycles. The number of likely N-dealkylation sites (tertiary alicyclic amines) is 1. The molecular formula is C16H22N4O2S. The van der Waals surface area contributed by atoms with Crippen LogP contribution in [-0.2, 0) is 9.59 Å². The van der Waals surface area contributed by atoms with Crippen molar-refractivity contribution in [1.82, 2.24) is 14.9 Å². The van der Waals surface area contributed by atoms with Crippen LogP contribution in [0.4, 0.5) is 0 Å². The van der Waals surface area contributed by atoms with Crippen molar-refractivity contribution >= 4 is 28.9 Å². The molecule has 1 aromatic heterocycles. The van der Waals surface area contributed by atoms with E-state index >= 15 is 0 Å². The smallest absolute Gasteiger partial charge is 0.270 e. The molecule has 0 radical (unpaired) electrons. The first-order valence-corrected chi connectivity index (χ1v) is 9.09. The average Bonchev–Trinajstić information content (AvgIpc) is 3.01. The van der Waals surface area contributed by atoms with Gasteiger partial charge < -0.3 is 4.90 Å². The number of hydrazone groups is 1. The Morgan fingerprint density at radius 2 is 2.22 bits per heavy atom. The van der Waals surface area contributed by atoms with Gasteiger partial charge in [-0.15, -0.1) is 11.3 Å². The fourth-order valence-corrected chi connectivity index (χ4v) is 4.07. The number of nitrogens with zero attached hydrogens (tertiary/aromatic N) is 4. The quantitative estimate of drug-likeness (QED) is 0.853. The van der Waals surface area contributed by atoms with Crippen molar-refractivity contribution in [1.29, 1.82) is 0 Å². The number of aryl methyl sites for hydroxylation is 1. The molecule has 23 heavy (non-hydrogen) atoms. The Morgan fingerprint density at radius 1 is 1.39 bits per heavy atom. The van der Waals surface area contributed by atoms with E-state index in [-0.39, 0.29) is 17.9 Å². The maximum atomic E-state index is 12.9. The first-order valence-electron chi connectivity index (χ1n) is 8.21. The molecule has 2 aliphatic rings. The van der Waals surface area contributed by atoms with Crippen LogP contribution >= 0.6 is 11.3 Å². The molecule has 7 heteroatoms. The van der Waals surface area contributed by atoms with Crippen LogP contribution in [0.25, 0.3) is 0 Å². The highest BCUT2D eigenvalue weighted by Crippen LogP contribution is 2.33. The summed E-state index contributed by atoms with van der Waals surface area (Å²) in [6.07, 6.45) is 3.87. The van der Waals surface area contributed by atoms with E-state index in [1.54, 1.807) is 11.3 Å². The zero-order valence-electron chi connectivity index (χ0n) is 13.6. The van der Waals surface area contributed by atoms with Gasteiger partial charge in [0.1, 0.15) is 10.7 Å². The molecule has 6 nitrogen and oxygen atoms in total. The van der Waals surface area contributed by atoms with Gasteiger partial charge in [0, 0.05) is 37.0 Å². The Kier molecular flexibility index (Phi) is 4.75. The van der Waals surface area contributed by atoms with E-state index in [1.807, 2.05) is 24.1 Å². The summed E-state index contributed by atoms with van der Waals surface area (Å²) in [6.45, 7) is 5.09. The number of hydrogen-bond acceptors (Lipinski definition) is 5. The van der Waals surface area contributed by atoms with Crippen molar-refractivity contribution in [2.75, 3.05) is 13.1 Å². The Morgan fingerprint density at radius 3 is 2.91 bits per heavy atom. The minimum absolute atomic E-state index is 0.00482. The van der Waals surface area contributed by atoms with Gasteiger partial charge in [-0.1, -0.05) is 0 Å². The molecule has 0 aromatic carbocycles. The number of amides is 2. The van der Waals surface area contributed by atoms with Gasteiger partial charge in [-0.3, -0.25) is 9.59 Å². The zero-order chi connectivity index (χ0) is 16.4. The Labute approximate surface area is 140 Å². The van der Waals surface area contributed by atoms with Crippen molar-refractivity contribution in [2.45, 2.75) is 52.0 Å². The fourth-order valence-electron chi connectivity index (χ4n) is 3.13. The highest BCUT2D eigenvalue weighted by Gasteiger charge is 2.34. The van der Waals surface area contributed by atoms with E-state index in [9.17, 15) is 9.59 Å². The fraction of sp³-hybridized carbons (Fsp3) is 0.625. The van der Waals surface area contributed by atoms with Gasteiger partial charge in [-0.05, 0) is 33.1 Å². The maximum Gasteiger partial charge on any atom is 0.270 e. The highest BCUT2D eigenvalue weighted by atomic mass is 32.1. The van der Waals surface area contributed by atoms with E-state index in [0.717, 1.165) is 36.5 Å². The Balaban J connectivity index is 1.83. The molecule has 2 amide bonds. The summed E-state index contributed by atoms with van der Waals surface area (Å²) in [7, 11) is 0. The van der Waals surface area contributed by atoms with Gasteiger partial charge in [0.05, 0.1) is 6.04 Å². The summed E-state index contributed by atoms with van der Waals surface area (Å²) < 4.78 is 0. The second kappa shape index (κ2) is 6.78. The first kappa shape index (κ1) is 16.1. The van der Waals surface area contributed by atoms with Gasteiger partial charge in [-0.2, -0.15) is 5.10 Å². The van der Waals surface area contributed by atoms with Crippen LogP contribution in [0, 0.1) is 6.92 Å². The van der Waals surface area contributed by atoms with E-state index in [4.69, 9.17) is 0 Å². The Bertz CT molecular complexity index is 640. The van der Waals surface area contributed by atoms with E-state index < -0.39 is 0 Å². The van der Waals surface area contributed by atoms with Gasteiger partial charge in [0.15, 0.2) is 0 Å². The van der Waals surface area contributed by atoms with Gasteiger partial charge >= 0.3 is 0 Å². The summed E-state index contributed by atoms with van der Waals surface area (Å²) in [5.74, 6) is -0.0386. The molecule has 2 aliphatic heterocycles. The third kappa shape index (κ3) is 3.29. The lowest BCUT2D eigenvalue weighted by atomic mass is 10.0. The number of carbonyl (C=O) groups is 2. The maximum absolute atomic E-state index is 12.9. The third-order valence-electron chi connectivity index (χ3n) is 4.34. The van der Waals surface area contributed by atoms with Crippen LogP contribution in [0.2, 0.25) is 0 Å². The molecule has 1 fully saturated rings. The van der Waals surface area contributed by atoms with Crippen molar-refractivity contribution in [2.24, 2.45) is 5.10 Å². The van der Waals surface area contributed by atoms with Gasteiger partial charge in [0.25, 0.3) is 5.91 Å². The summed E-state index contributed by atoms with van der Waals surface area (Å²) in [5, 5.41) is 8.73. The highest BCUT2D eigenvalue weighted by molar-refractivity contribution is 7.09. The van der Waals surface area contributed by atoms with Gasteiger partial charge in [0.2, 0.25) is 5.91 Å². The topological polar surface area (TPSA) is 65.9 Å².